The van der Waals surface area contributed by atoms with E-state index in [1.54, 1.807) is 0 Å². The van der Waals surface area contributed by atoms with Crippen molar-refractivity contribution in [2.75, 3.05) is 13.2 Å². The molecule has 0 heterocycles. The highest BCUT2D eigenvalue weighted by Crippen LogP contribution is 2.29. The number of halogens is 1. The summed E-state index contributed by atoms with van der Waals surface area (Å²) in [5.41, 5.74) is 1.28. The highest BCUT2D eigenvalue weighted by Gasteiger charge is 2.12. The molecule has 0 atom stereocenters. The molecule has 1 N–H and O–H groups in total. The molecule has 2 rings (SSSR count). The van der Waals surface area contributed by atoms with Gasteiger partial charge in [-0.1, -0.05) is 49.0 Å². The maximum atomic E-state index is 5.98. The Morgan fingerprint density at radius 2 is 2.00 bits per heavy atom. The minimum atomic E-state index is 0.484. The largest absolute Gasteiger partial charge is 0.493 e. The van der Waals surface area contributed by atoms with E-state index >= 15 is 0 Å². The van der Waals surface area contributed by atoms with Gasteiger partial charge in [-0.3, -0.25) is 0 Å². The fourth-order valence-corrected chi connectivity index (χ4v) is 3.35. The third-order valence-corrected chi connectivity index (χ3v) is 4.70. The Bertz CT molecular complexity index is 427. The van der Waals surface area contributed by atoms with Crippen LogP contribution in [-0.4, -0.2) is 19.2 Å². The Balaban J connectivity index is 1.70. The van der Waals surface area contributed by atoms with Crippen LogP contribution in [0.2, 0.25) is 0 Å². The molecular formula is C18H28BrNO. The molecule has 0 unspecified atom stereocenters. The summed E-state index contributed by atoms with van der Waals surface area (Å²) < 4.78 is 7.10. The summed E-state index contributed by atoms with van der Waals surface area (Å²) in [5.74, 6) is 1.52. The van der Waals surface area contributed by atoms with Crippen LogP contribution in [0.25, 0.3) is 0 Å². The lowest BCUT2D eigenvalue weighted by atomic mass is 9.95. The van der Waals surface area contributed by atoms with Crippen LogP contribution in [0.1, 0.15) is 63.9 Å². The first-order chi connectivity index (χ1) is 10.2. The zero-order valence-corrected chi connectivity index (χ0v) is 14.9. The summed E-state index contributed by atoms with van der Waals surface area (Å²) in [4.78, 5) is 0. The average Bonchev–Trinajstić information content (AvgIpc) is 2.49. The minimum absolute atomic E-state index is 0.484. The lowest BCUT2D eigenvalue weighted by Gasteiger charge is -2.22. The van der Waals surface area contributed by atoms with Crippen molar-refractivity contribution in [3.8, 4) is 5.75 Å². The molecule has 1 aliphatic carbocycles. The Morgan fingerprint density at radius 3 is 2.71 bits per heavy atom. The lowest BCUT2D eigenvalue weighted by Crippen LogP contribution is -2.32. The molecule has 0 radical (unpaired) electrons. The molecule has 0 saturated heterocycles. The molecule has 1 aromatic carbocycles. The number of hydrogen-bond donors (Lipinski definition) is 1. The van der Waals surface area contributed by atoms with Crippen LogP contribution in [0.5, 0.6) is 5.75 Å². The molecule has 0 spiro atoms. The average molecular weight is 354 g/mol. The number of rotatable bonds is 7. The smallest absolute Gasteiger partial charge is 0.122 e. The number of ether oxygens (including phenoxy) is 1. The van der Waals surface area contributed by atoms with Gasteiger partial charge in [0, 0.05) is 10.5 Å². The molecule has 1 aliphatic rings. The van der Waals surface area contributed by atoms with Gasteiger partial charge < -0.3 is 10.1 Å². The molecule has 1 saturated carbocycles. The van der Waals surface area contributed by atoms with Gasteiger partial charge >= 0.3 is 0 Å². The van der Waals surface area contributed by atoms with Gasteiger partial charge in [0.05, 0.1) is 6.61 Å². The summed E-state index contributed by atoms with van der Waals surface area (Å²) >= 11 is 3.54. The van der Waals surface area contributed by atoms with Crippen molar-refractivity contribution >= 4 is 15.9 Å². The van der Waals surface area contributed by atoms with Gasteiger partial charge in [0.2, 0.25) is 0 Å². The van der Waals surface area contributed by atoms with Gasteiger partial charge in [0.25, 0.3) is 0 Å². The Kier molecular flexibility index (Phi) is 7.05. The monoisotopic (exact) mass is 353 g/mol. The van der Waals surface area contributed by atoms with Crippen LogP contribution in [-0.2, 0) is 0 Å². The van der Waals surface area contributed by atoms with Crippen LogP contribution < -0.4 is 10.1 Å². The number of nitrogens with one attached hydrogen (secondary N) is 1. The highest BCUT2D eigenvalue weighted by atomic mass is 79.9. The summed E-state index contributed by atoms with van der Waals surface area (Å²) in [6.07, 6.45) is 7.98. The first-order valence-corrected chi connectivity index (χ1v) is 9.11. The molecule has 1 aromatic rings. The molecule has 1 fully saturated rings. The molecule has 0 aliphatic heterocycles. The molecule has 0 aromatic heterocycles. The van der Waals surface area contributed by atoms with E-state index in [0.29, 0.717) is 5.92 Å². The highest BCUT2D eigenvalue weighted by molar-refractivity contribution is 9.10. The van der Waals surface area contributed by atoms with Crippen LogP contribution in [0.3, 0.4) is 0 Å². The maximum Gasteiger partial charge on any atom is 0.122 e. The van der Waals surface area contributed by atoms with Gasteiger partial charge in [-0.2, -0.15) is 0 Å². The topological polar surface area (TPSA) is 21.3 Å². The Morgan fingerprint density at radius 1 is 1.24 bits per heavy atom. The van der Waals surface area contributed by atoms with Crippen molar-refractivity contribution in [1.82, 2.24) is 5.32 Å². The van der Waals surface area contributed by atoms with Crippen molar-refractivity contribution in [2.24, 2.45) is 0 Å². The number of benzene rings is 1. The third kappa shape index (κ3) is 5.63. The van der Waals surface area contributed by atoms with Crippen molar-refractivity contribution in [3.05, 3.63) is 28.2 Å². The number of hydrogen-bond acceptors (Lipinski definition) is 2. The third-order valence-electron chi connectivity index (χ3n) is 4.21. The lowest BCUT2D eigenvalue weighted by molar-refractivity contribution is 0.293. The Hall–Kier alpha value is -0.540. The van der Waals surface area contributed by atoms with E-state index in [1.165, 1.54) is 37.7 Å². The summed E-state index contributed by atoms with van der Waals surface area (Å²) in [6.45, 7) is 6.28. The van der Waals surface area contributed by atoms with Crippen LogP contribution in [0.15, 0.2) is 22.7 Å². The molecule has 0 amide bonds. The zero-order valence-electron chi connectivity index (χ0n) is 13.3. The van der Waals surface area contributed by atoms with Crippen molar-refractivity contribution in [1.29, 1.82) is 0 Å². The standard InChI is InChI=1S/C18H28BrNO/c1-14(2)17-13-15(19)9-10-18(17)21-12-6-11-20-16-7-4-3-5-8-16/h9-10,13-14,16,20H,3-8,11-12H2,1-2H3. The predicted octanol–water partition coefficient (Wildman–Crippen LogP) is 5.26. The van der Waals surface area contributed by atoms with E-state index < -0.39 is 0 Å². The second kappa shape index (κ2) is 8.79. The second-order valence-corrected chi connectivity index (χ2v) is 7.24. The first kappa shape index (κ1) is 16.8. The van der Waals surface area contributed by atoms with Crippen molar-refractivity contribution in [3.63, 3.8) is 0 Å². The van der Waals surface area contributed by atoms with E-state index in [4.69, 9.17) is 4.74 Å². The quantitative estimate of drug-likeness (QED) is 0.674. The fourth-order valence-electron chi connectivity index (χ4n) is 2.97. The second-order valence-electron chi connectivity index (χ2n) is 6.33. The molecule has 2 nitrogen and oxygen atoms in total. The van der Waals surface area contributed by atoms with Crippen molar-refractivity contribution in [2.45, 2.75) is 64.3 Å². The van der Waals surface area contributed by atoms with Gasteiger partial charge in [0.1, 0.15) is 5.75 Å². The molecular weight excluding hydrogens is 326 g/mol. The zero-order chi connectivity index (χ0) is 15.1. The van der Waals surface area contributed by atoms with E-state index in [2.05, 4.69) is 53.3 Å². The summed E-state index contributed by atoms with van der Waals surface area (Å²) in [5, 5.41) is 3.67. The first-order valence-electron chi connectivity index (χ1n) is 8.32. The molecule has 0 bridgehead atoms. The SMILES string of the molecule is CC(C)c1cc(Br)ccc1OCCCNC1CCCCC1. The maximum absolute atomic E-state index is 5.98. The van der Waals surface area contributed by atoms with Gasteiger partial charge in [-0.05, 0) is 55.5 Å². The van der Waals surface area contributed by atoms with E-state index in [9.17, 15) is 0 Å². The van der Waals surface area contributed by atoms with Gasteiger partial charge in [-0.15, -0.1) is 0 Å². The van der Waals surface area contributed by atoms with E-state index in [1.807, 2.05) is 0 Å². The molecule has 21 heavy (non-hydrogen) atoms. The predicted molar refractivity (Wildman–Crippen MR) is 93.2 cm³/mol. The molecule has 118 valence electrons. The van der Waals surface area contributed by atoms with Gasteiger partial charge in [-0.25, -0.2) is 0 Å². The normalized spacial score (nSPS) is 16.4. The van der Waals surface area contributed by atoms with E-state index in [-0.39, 0.29) is 0 Å². The summed E-state index contributed by atoms with van der Waals surface area (Å²) in [6, 6.07) is 7.05. The minimum Gasteiger partial charge on any atom is -0.493 e. The van der Waals surface area contributed by atoms with Crippen molar-refractivity contribution < 1.29 is 4.74 Å². The van der Waals surface area contributed by atoms with Crippen LogP contribution >= 0.6 is 15.9 Å². The fraction of sp³-hybridized carbons (Fsp3) is 0.667. The van der Waals surface area contributed by atoms with Crippen LogP contribution in [0, 0.1) is 0 Å². The van der Waals surface area contributed by atoms with Gasteiger partial charge in [0.15, 0.2) is 0 Å². The summed E-state index contributed by atoms with van der Waals surface area (Å²) in [7, 11) is 0. The Labute approximate surface area is 137 Å². The van der Waals surface area contributed by atoms with E-state index in [0.717, 1.165) is 35.8 Å². The van der Waals surface area contributed by atoms with Crippen LogP contribution in [0.4, 0.5) is 0 Å². The molecule has 3 heteroatoms.